The van der Waals surface area contributed by atoms with Gasteiger partial charge in [-0.25, -0.2) is 0 Å². The number of piperazine rings is 1. The Hall–Kier alpha value is -1.20. The van der Waals surface area contributed by atoms with Crippen molar-refractivity contribution in [2.75, 3.05) is 39.8 Å². The van der Waals surface area contributed by atoms with Crippen LogP contribution >= 0.6 is 11.3 Å². The van der Waals surface area contributed by atoms with Crippen LogP contribution < -0.4 is 5.32 Å². The second-order valence-electron chi connectivity index (χ2n) is 6.90. The summed E-state index contributed by atoms with van der Waals surface area (Å²) in [4.78, 5) is 7.82. The number of thiophene rings is 1. The third-order valence-corrected chi connectivity index (χ3v) is 6.06. The summed E-state index contributed by atoms with van der Waals surface area (Å²) in [5.74, 6) is 0. The monoisotopic (exact) mass is 343 g/mol. The van der Waals surface area contributed by atoms with Gasteiger partial charge in [-0.15, -0.1) is 11.3 Å². The van der Waals surface area contributed by atoms with Crippen LogP contribution in [0.5, 0.6) is 0 Å². The fraction of sp³-hybridized carbons (Fsp3) is 0.500. The largest absolute Gasteiger partial charge is 0.304 e. The lowest BCUT2D eigenvalue weighted by Crippen LogP contribution is -2.47. The van der Waals surface area contributed by atoms with E-state index in [1.165, 1.54) is 28.4 Å². The van der Waals surface area contributed by atoms with Gasteiger partial charge >= 0.3 is 0 Å². The van der Waals surface area contributed by atoms with Gasteiger partial charge in [0.1, 0.15) is 0 Å². The van der Waals surface area contributed by atoms with Crippen LogP contribution in [0, 0.1) is 6.92 Å². The Bertz CT molecular complexity index is 617. The van der Waals surface area contributed by atoms with E-state index < -0.39 is 0 Å². The molecule has 2 aromatic rings. The maximum atomic E-state index is 3.88. The Morgan fingerprint density at radius 1 is 1.04 bits per heavy atom. The number of aryl methyl sites for hydroxylation is 1. The SMILES string of the molecule is Cc1ccc([C@H](C)N[C@@H](CN2CCN(C)CC2)c2ccccc2)s1. The third-order valence-electron chi connectivity index (χ3n) is 4.88. The molecule has 130 valence electrons. The first-order valence-corrected chi connectivity index (χ1v) is 9.71. The van der Waals surface area contributed by atoms with Gasteiger partial charge in [-0.1, -0.05) is 30.3 Å². The van der Waals surface area contributed by atoms with E-state index in [2.05, 4.69) is 78.5 Å². The minimum Gasteiger partial charge on any atom is -0.304 e. The summed E-state index contributed by atoms with van der Waals surface area (Å²) in [6, 6.07) is 16.1. The van der Waals surface area contributed by atoms with Gasteiger partial charge in [0.15, 0.2) is 0 Å². The third kappa shape index (κ3) is 4.67. The van der Waals surface area contributed by atoms with E-state index in [0.717, 1.165) is 19.6 Å². The molecule has 1 fully saturated rings. The fourth-order valence-electron chi connectivity index (χ4n) is 3.30. The molecule has 1 saturated heterocycles. The van der Waals surface area contributed by atoms with Crippen LogP contribution in [0.4, 0.5) is 0 Å². The van der Waals surface area contributed by atoms with Gasteiger partial charge in [-0.2, -0.15) is 0 Å². The molecule has 0 unspecified atom stereocenters. The van der Waals surface area contributed by atoms with Gasteiger partial charge in [0.25, 0.3) is 0 Å². The normalized spacial score (nSPS) is 19.3. The number of nitrogens with one attached hydrogen (secondary N) is 1. The van der Waals surface area contributed by atoms with Crippen molar-refractivity contribution in [3.63, 3.8) is 0 Å². The van der Waals surface area contributed by atoms with Crippen molar-refractivity contribution < 1.29 is 0 Å². The number of hydrogen-bond donors (Lipinski definition) is 1. The molecule has 2 heterocycles. The molecule has 1 aliphatic heterocycles. The van der Waals surface area contributed by atoms with Crippen LogP contribution in [0.15, 0.2) is 42.5 Å². The summed E-state index contributed by atoms with van der Waals surface area (Å²) < 4.78 is 0. The molecule has 0 saturated carbocycles. The molecule has 0 spiro atoms. The molecule has 4 heteroatoms. The zero-order valence-corrected chi connectivity index (χ0v) is 15.9. The average Bonchev–Trinajstić information content (AvgIpc) is 3.03. The van der Waals surface area contributed by atoms with Crippen molar-refractivity contribution >= 4 is 11.3 Å². The first-order chi connectivity index (χ1) is 11.6. The molecule has 2 atom stereocenters. The van der Waals surface area contributed by atoms with Crippen LogP contribution in [-0.2, 0) is 0 Å². The second kappa shape index (κ2) is 8.26. The zero-order valence-electron chi connectivity index (χ0n) is 15.0. The van der Waals surface area contributed by atoms with Gasteiger partial charge in [-0.05, 0) is 38.6 Å². The highest BCUT2D eigenvalue weighted by Gasteiger charge is 2.21. The molecule has 1 N–H and O–H groups in total. The molecule has 3 nitrogen and oxygen atoms in total. The molecule has 0 aliphatic carbocycles. The molecule has 3 rings (SSSR count). The summed E-state index contributed by atoms with van der Waals surface area (Å²) >= 11 is 1.90. The van der Waals surface area contributed by atoms with Crippen molar-refractivity contribution in [2.45, 2.75) is 25.9 Å². The molecule has 1 aliphatic rings. The molecule has 0 radical (unpaired) electrons. The molecule has 0 bridgehead atoms. The van der Waals surface area contributed by atoms with Crippen molar-refractivity contribution in [3.8, 4) is 0 Å². The maximum Gasteiger partial charge on any atom is 0.0454 e. The van der Waals surface area contributed by atoms with Gasteiger partial charge in [0.05, 0.1) is 0 Å². The Morgan fingerprint density at radius 3 is 2.38 bits per heavy atom. The second-order valence-corrected chi connectivity index (χ2v) is 8.22. The van der Waals surface area contributed by atoms with E-state index in [9.17, 15) is 0 Å². The lowest BCUT2D eigenvalue weighted by molar-refractivity contribution is 0.140. The smallest absolute Gasteiger partial charge is 0.0454 e. The topological polar surface area (TPSA) is 18.5 Å². The van der Waals surface area contributed by atoms with E-state index in [1.807, 2.05) is 11.3 Å². The van der Waals surface area contributed by atoms with Crippen molar-refractivity contribution in [2.24, 2.45) is 0 Å². The summed E-state index contributed by atoms with van der Waals surface area (Å²) in [6.07, 6.45) is 0. The Balaban J connectivity index is 1.70. The average molecular weight is 344 g/mol. The zero-order chi connectivity index (χ0) is 16.9. The number of hydrogen-bond acceptors (Lipinski definition) is 4. The summed E-state index contributed by atoms with van der Waals surface area (Å²) in [5, 5.41) is 3.88. The van der Waals surface area contributed by atoms with Gasteiger partial charge in [0, 0.05) is 54.6 Å². The summed E-state index contributed by atoms with van der Waals surface area (Å²) in [7, 11) is 2.21. The van der Waals surface area contributed by atoms with Crippen molar-refractivity contribution in [1.29, 1.82) is 0 Å². The number of likely N-dealkylation sites (N-methyl/N-ethyl adjacent to an activating group) is 1. The maximum absolute atomic E-state index is 3.88. The van der Waals surface area contributed by atoms with E-state index in [0.29, 0.717) is 12.1 Å². The predicted octanol–water partition coefficient (Wildman–Crippen LogP) is 3.70. The standard InChI is InChI=1S/C20H29N3S/c1-16-9-10-20(24-16)17(2)21-19(18-7-5-4-6-8-18)15-23-13-11-22(3)12-14-23/h4-10,17,19,21H,11-15H2,1-3H3/t17-,19-/m0/s1. The number of benzene rings is 1. The Labute approximate surface area is 150 Å². The van der Waals surface area contributed by atoms with E-state index in [1.54, 1.807) is 0 Å². The quantitative estimate of drug-likeness (QED) is 0.863. The molecular formula is C20H29N3S. The lowest BCUT2D eigenvalue weighted by atomic mass is 10.0. The van der Waals surface area contributed by atoms with E-state index in [-0.39, 0.29) is 0 Å². The highest BCUT2D eigenvalue weighted by molar-refractivity contribution is 7.12. The van der Waals surface area contributed by atoms with E-state index in [4.69, 9.17) is 0 Å². The highest BCUT2D eigenvalue weighted by Crippen LogP contribution is 2.26. The van der Waals surface area contributed by atoms with Gasteiger partial charge in [0.2, 0.25) is 0 Å². The van der Waals surface area contributed by atoms with Crippen LogP contribution in [-0.4, -0.2) is 49.6 Å². The van der Waals surface area contributed by atoms with Crippen molar-refractivity contribution in [3.05, 3.63) is 57.8 Å². The highest BCUT2D eigenvalue weighted by atomic mass is 32.1. The first-order valence-electron chi connectivity index (χ1n) is 8.90. The van der Waals surface area contributed by atoms with Crippen molar-refractivity contribution in [1.82, 2.24) is 15.1 Å². The fourth-order valence-corrected chi connectivity index (χ4v) is 4.19. The minimum atomic E-state index is 0.368. The lowest BCUT2D eigenvalue weighted by Gasteiger charge is -2.35. The number of nitrogens with zero attached hydrogens (tertiary/aromatic N) is 2. The van der Waals surface area contributed by atoms with E-state index >= 15 is 0 Å². The molecule has 1 aromatic heterocycles. The summed E-state index contributed by atoms with van der Waals surface area (Å²) in [6.45, 7) is 10.2. The molecular weight excluding hydrogens is 314 g/mol. The van der Waals surface area contributed by atoms with Crippen LogP contribution in [0.25, 0.3) is 0 Å². The van der Waals surface area contributed by atoms with Crippen LogP contribution in [0.1, 0.15) is 34.3 Å². The van der Waals surface area contributed by atoms with Crippen LogP contribution in [0.2, 0.25) is 0 Å². The number of rotatable bonds is 6. The summed E-state index contributed by atoms with van der Waals surface area (Å²) in [5.41, 5.74) is 1.39. The molecule has 0 amide bonds. The first kappa shape index (κ1) is 17.6. The molecule has 1 aromatic carbocycles. The van der Waals surface area contributed by atoms with Gasteiger partial charge in [-0.3, -0.25) is 4.90 Å². The van der Waals surface area contributed by atoms with Gasteiger partial charge < -0.3 is 10.2 Å². The van der Waals surface area contributed by atoms with Crippen LogP contribution in [0.3, 0.4) is 0 Å². The Morgan fingerprint density at radius 2 is 1.75 bits per heavy atom. The molecule has 24 heavy (non-hydrogen) atoms. The Kier molecular flexibility index (Phi) is 6.06. The minimum absolute atomic E-state index is 0.368. The predicted molar refractivity (Wildman–Crippen MR) is 104 cm³/mol.